The molecule has 2 fully saturated rings. The Morgan fingerprint density at radius 3 is 2.71 bits per heavy atom. The van der Waals surface area contributed by atoms with Crippen LogP contribution in [0.3, 0.4) is 0 Å². The molecule has 1 amide bonds. The highest BCUT2D eigenvalue weighted by molar-refractivity contribution is 5.79. The smallest absolute Gasteiger partial charge is 0.224 e. The Balaban J connectivity index is 1.78. The quantitative estimate of drug-likeness (QED) is 0.708. The summed E-state index contributed by atoms with van der Waals surface area (Å²) in [4.78, 5) is 11.7. The predicted molar refractivity (Wildman–Crippen MR) is 56.0 cm³/mol. The largest absolute Gasteiger partial charge is 0.353 e. The topological polar surface area (TPSA) is 41.1 Å². The van der Waals surface area contributed by atoms with Crippen LogP contribution in [0.5, 0.6) is 0 Å². The molecule has 3 nitrogen and oxygen atoms in total. The monoisotopic (exact) mass is 196 g/mol. The van der Waals surface area contributed by atoms with Crippen LogP contribution in [-0.2, 0) is 4.79 Å². The van der Waals surface area contributed by atoms with Gasteiger partial charge in [0.2, 0.25) is 5.91 Å². The molecule has 0 aromatic carbocycles. The molecular weight excluding hydrogens is 176 g/mol. The first kappa shape index (κ1) is 9.97. The Hall–Kier alpha value is -0.570. The molecule has 0 aromatic rings. The third-order valence-corrected chi connectivity index (χ3v) is 3.29. The van der Waals surface area contributed by atoms with Crippen molar-refractivity contribution in [2.75, 3.05) is 6.54 Å². The Bertz CT molecular complexity index is 207. The summed E-state index contributed by atoms with van der Waals surface area (Å²) in [5.74, 6) is 0.378. The third-order valence-electron chi connectivity index (χ3n) is 3.29. The van der Waals surface area contributed by atoms with E-state index in [1.54, 1.807) is 0 Å². The summed E-state index contributed by atoms with van der Waals surface area (Å²) in [5, 5.41) is 6.50. The molecule has 1 aliphatic heterocycles. The van der Waals surface area contributed by atoms with Gasteiger partial charge < -0.3 is 10.6 Å². The van der Waals surface area contributed by atoms with Gasteiger partial charge in [0.25, 0.3) is 0 Å². The normalized spacial score (nSPS) is 29.6. The fourth-order valence-corrected chi connectivity index (χ4v) is 2.05. The van der Waals surface area contributed by atoms with Gasteiger partial charge in [-0.1, -0.05) is 13.3 Å². The molecule has 0 unspecified atom stereocenters. The maximum absolute atomic E-state index is 11.7. The maximum atomic E-state index is 11.7. The summed E-state index contributed by atoms with van der Waals surface area (Å²) < 4.78 is 0. The standard InChI is InChI=1S/C11H20N2O/c1-8(10-4-2-3-7-12-10)11(14)13-9-5-6-9/h8-10,12H,2-7H2,1H3,(H,13,14)/t8-,10-/m1/s1. The van der Waals surface area contributed by atoms with Crippen molar-refractivity contribution in [1.29, 1.82) is 0 Å². The first-order valence-corrected chi connectivity index (χ1v) is 5.81. The molecule has 1 aliphatic carbocycles. The molecule has 0 spiro atoms. The number of hydrogen-bond acceptors (Lipinski definition) is 2. The van der Waals surface area contributed by atoms with Gasteiger partial charge in [0.15, 0.2) is 0 Å². The number of nitrogens with one attached hydrogen (secondary N) is 2. The molecule has 3 heteroatoms. The summed E-state index contributed by atoms with van der Waals surface area (Å²) >= 11 is 0. The predicted octanol–water partition coefficient (Wildman–Crippen LogP) is 1.04. The number of carbonyl (C=O) groups is 1. The average molecular weight is 196 g/mol. The van der Waals surface area contributed by atoms with Crippen LogP contribution in [0.1, 0.15) is 39.0 Å². The summed E-state index contributed by atoms with van der Waals surface area (Å²) in [6.07, 6.45) is 6.03. The van der Waals surface area contributed by atoms with Gasteiger partial charge in [0.05, 0.1) is 5.92 Å². The van der Waals surface area contributed by atoms with Crippen LogP contribution in [0.4, 0.5) is 0 Å². The molecule has 0 radical (unpaired) electrons. The molecule has 1 saturated carbocycles. The van der Waals surface area contributed by atoms with E-state index in [-0.39, 0.29) is 11.8 Å². The van der Waals surface area contributed by atoms with Crippen LogP contribution in [-0.4, -0.2) is 24.5 Å². The van der Waals surface area contributed by atoms with Crippen LogP contribution in [0.15, 0.2) is 0 Å². The van der Waals surface area contributed by atoms with Crippen molar-refractivity contribution < 1.29 is 4.79 Å². The minimum absolute atomic E-state index is 0.135. The second kappa shape index (κ2) is 4.30. The van der Waals surface area contributed by atoms with E-state index >= 15 is 0 Å². The highest BCUT2D eigenvalue weighted by Gasteiger charge is 2.29. The molecule has 0 aromatic heterocycles. The zero-order valence-corrected chi connectivity index (χ0v) is 8.88. The lowest BCUT2D eigenvalue weighted by Gasteiger charge is -2.28. The van der Waals surface area contributed by atoms with Gasteiger partial charge in [0.1, 0.15) is 0 Å². The molecule has 2 aliphatic rings. The Morgan fingerprint density at radius 2 is 2.14 bits per heavy atom. The van der Waals surface area contributed by atoms with Crippen molar-refractivity contribution in [2.45, 2.75) is 51.1 Å². The van der Waals surface area contributed by atoms with E-state index in [2.05, 4.69) is 10.6 Å². The van der Waals surface area contributed by atoms with Gasteiger partial charge in [-0.2, -0.15) is 0 Å². The SMILES string of the molecule is C[C@@H](C(=O)NC1CC1)[C@H]1CCCCN1. The fraction of sp³-hybridized carbons (Fsp3) is 0.909. The van der Waals surface area contributed by atoms with Crippen LogP contribution < -0.4 is 10.6 Å². The summed E-state index contributed by atoms with van der Waals surface area (Å²) in [6, 6.07) is 0.899. The van der Waals surface area contributed by atoms with E-state index in [0.29, 0.717) is 12.1 Å². The first-order chi connectivity index (χ1) is 6.77. The molecule has 2 N–H and O–H groups in total. The second-order valence-electron chi connectivity index (χ2n) is 4.63. The van der Waals surface area contributed by atoms with Gasteiger partial charge in [-0.15, -0.1) is 0 Å². The van der Waals surface area contributed by atoms with Crippen LogP contribution in [0.25, 0.3) is 0 Å². The summed E-state index contributed by atoms with van der Waals surface area (Å²) in [7, 11) is 0. The summed E-state index contributed by atoms with van der Waals surface area (Å²) in [5.41, 5.74) is 0. The minimum atomic E-state index is 0.135. The zero-order chi connectivity index (χ0) is 9.97. The van der Waals surface area contributed by atoms with Crippen LogP contribution in [0, 0.1) is 5.92 Å². The van der Waals surface area contributed by atoms with Crippen molar-refractivity contribution in [1.82, 2.24) is 10.6 Å². The molecule has 1 saturated heterocycles. The zero-order valence-electron chi connectivity index (χ0n) is 8.88. The number of hydrogen-bond donors (Lipinski definition) is 2. The van der Waals surface area contributed by atoms with Crippen LogP contribution in [0.2, 0.25) is 0 Å². The summed E-state index contributed by atoms with van der Waals surface area (Å²) in [6.45, 7) is 3.12. The minimum Gasteiger partial charge on any atom is -0.353 e. The van der Waals surface area contributed by atoms with Gasteiger partial charge in [-0.25, -0.2) is 0 Å². The van der Waals surface area contributed by atoms with E-state index in [4.69, 9.17) is 0 Å². The van der Waals surface area contributed by atoms with E-state index < -0.39 is 0 Å². The van der Waals surface area contributed by atoms with Crippen molar-refractivity contribution in [2.24, 2.45) is 5.92 Å². The van der Waals surface area contributed by atoms with E-state index in [9.17, 15) is 4.79 Å². The van der Waals surface area contributed by atoms with Crippen LogP contribution >= 0.6 is 0 Å². The Morgan fingerprint density at radius 1 is 1.36 bits per heavy atom. The maximum Gasteiger partial charge on any atom is 0.224 e. The molecule has 2 atom stereocenters. The molecule has 2 rings (SSSR count). The van der Waals surface area contributed by atoms with Crippen molar-refractivity contribution in [3.63, 3.8) is 0 Å². The average Bonchev–Trinajstić information content (AvgIpc) is 3.02. The number of rotatable bonds is 3. The number of piperidine rings is 1. The molecule has 0 bridgehead atoms. The van der Waals surface area contributed by atoms with E-state index in [1.807, 2.05) is 6.92 Å². The Kier molecular flexibility index (Phi) is 3.06. The lowest BCUT2D eigenvalue weighted by Crippen LogP contribution is -2.46. The van der Waals surface area contributed by atoms with Gasteiger partial charge in [-0.05, 0) is 32.2 Å². The van der Waals surface area contributed by atoms with Crippen molar-refractivity contribution in [3.05, 3.63) is 0 Å². The lowest BCUT2D eigenvalue weighted by molar-refractivity contribution is -0.125. The van der Waals surface area contributed by atoms with Gasteiger partial charge >= 0.3 is 0 Å². The number of carbonyl (C=O) groups excluding carboxylic acids is 1. The van der Waals surface area contributed by atoms with Gasteiger partial charge in [-0.3, -0.25) is 4.79 Å². The van der Waals surface area contributed by atoms with E-state index in [1.165, 1.54) is 25.7 Å². The molecule has 14 heavy (non-hydrogen) atoms. The van der Waals surface area contributed by atoms with E-state index in [0.717, 1.165) is 13.0 Å². The second-order valence-corrected chi connectivity index (χ2v) is 4.63. The fourth-order valence-electron chi connectivity index (χ4n) is 2.05. The van der Waals surface area contributed by atoms with Crippen molar-refractivity contribution in [3.8, 4) is 0 Å². The highest BCUT2D eigenvalue weighted by Crippen LogP contribution is 2.21. The third kappa shape index (κ3) is 2.47. The Labute approximate surface area is 85.6 Å². The first-order valence-electron chi connectivity index (χ1n) is 5.81. The van der Waals surface area contributed by atoms with Gasteiger partial charge in [0, 0.05) is 12.1 Å². The molecule has 80 valence electrons. The molecular formula is C11H20N2O. The highest BCUT2D eigenvalue weighted by atomic mass is 16.2. The molecule has 1 heterocycles. The van der Waals surface area contributed by atoms with Crippen molar-refractivity contribution >= 4 is 5.91 Å². The lowest BCUT2D eigenvalue weighted by atomic mass is 9.93. The number of amides is 1.